The van der Waals surface area contributed by atoms with Crippen LogP contribution >= 0.6 is 0 Å². The topological polar surface area (TPSA) is 143 Å². The summed E-state index contributed by atoms with van der Waals surface area (Å²) >= 11 is 0. The van der Waals surface area contributed by atoms with Gasteiger partial charge >= 0.3 is 0 Å². The Balaban J connectivity index is 0.964. The molecule has 0 spiro atoms. The normalized spacial score (nSPS) is 20.2. The highest BCUT2D eigenvalue weighted by Crippen LogP contribution is 2.29. The molecule has 7 rings (SSSR count). The summed E-state index contributed by atoms with van der Waals surface area (Å²) in [6.45, 7) is 11.2. The summed E-state index contributed by atoms with van der Waals surface area (Å²) in [7, 11) is 0. The van der Waals surface area contributed by atoms with Gasteiger partial charge in [-0.25, -0.2) is 0 Å². The fourth-order valence-corrected chi connectivity index (χ4v) is 9.59. The molecule has 2 N–H and O–H groups in total. The Kier molecular flexibility index (Phi) is 13.7. The zero-order chi connectivity index (χ0) is 43.2. The Bertz CT molecular complexity index is 1930. The van der Waals surface area contributed by atoms with Crippen molar-refractivity contribution < 1.29 is 28.8 Å². The van der Waals surface area contributed by atoms with Crippen LogP contribution in [0.4, 0.5) is 17.1 Å². The monoisotopic (exact) mass is 831 g/mol. The van der Waals surface area contributed by atoms with Crippen molar-refractivity contribution in [3.63, 3.8) is 0 Å². The first kappa shape index (κ1) is 43.4. The van der Waals surface area contributed by atoms with Crippen LogP contribution in [-0.4, -0.2) is 105 Å². The number of hydrogen-bond donors (Lipinski definition) is 2. The zero-order valence-corrected chi connectivity index (χ0v) is 36.1. The first-order chi connectivity index (χ1) is 29.4. The Morgan fingerprint density at radius 2 is 0.984 bits per heavy atom. The number of anilines is 3. The third kappa shape index (κ3) is 9.92. The van der Waals surface area contributed by atoms with Crippen molar-refractivity contribution in [1.82, 2.24) is 19.6 Å². The van der Waals surface area contributed by atoms with E-state index in [0.29, 0.717) is 76.3 Å². The molecule has 13 heteroatoms. The maximum absolute atomic E-state index is 13.8. The molecule has 0 radical (unpaired) electrons. The second-order valence-electron chi connectivity index (χ2n) is 17.7. The van der Waals surface area contributed by atoms with Gasteiger partial charge in [0.05, 0.1) is 0 Å². The van der Waals surface area contributed by atoms with E-state index in [1.807, 2.05) is 94.4 Å². The second kappa shape index (κ2) is 19.3. The van der Waals surface area contributed by atoms with E-state index < -0.39 is 24.2 Å². The van der Waals surface area contributed by atoms with Crippen LogP contribution in [0.5, 0.6) is 0 Å². The van der Waals surface area contributed by atoms with Crippen LogP contribution in [0.25, 0.3) is 0 Å². The fourth-order valence-electron chi connectivity index (χ4n) is 9.59. The van der Waals surface area contributed by atoms with Gasteiger partial charge in [-0.3, -0.25) is 28.8 Å². The molecule has 324 valence electrons. The van der Waals surface area contributed by atoms with Gasteiger partial charge in [0.2, 0.25) is 35.4 Å². The SMILES string of the molecule is CC(C)C(C(=O)N1CCCC1C(=O)Nc1ccc(CN(Cc2ccc(NC(=O)C3CCCN3C(=O)C(C(C)C)N3CCCC3=O)cc2)c2ccccc2)cc1)N1CCCC1=O. The van der Waals surface area contributed by atoms with Gasteiger partial charge in [0.25, 0.3) is 0 Å². The van der Waals surface area contributed by atoms with Gasteiger partial charge < -0.3 is 35.1 Å². The van der Waals surface area contributed by atoms with Crippen LogP contribution in [-0.2, 0) is 41.9 Å². The van der Waals surface area contributed by atoms with Gasteiger partial charge in [0.1, 0.15) is 24.2 Å². The van der Waals surface area contributed by atoms with Gasteiger partial charge in [-0.2, -0.15) is 0 Å². The number of benzene rings is 3. The van der Waals surface area contributed by atoms with E-state index in [2.05, 4.69) is 27.7 Å². The van der Waals surface area contributed by atoms with Crippen LogP contribution in [0.2, 0.25) is 0 Å². The predicted octanol–water partition coefficient (Wildman–Crippen LogP) is 6.05. The predicted molar refractivity (Wildman–Crippen MR) is 235 cm³/mol. The first-order valence-corrected chi connectivity index (χ1v) is 22.2. The van der Waals surface area contributed by atoms with E-state index in [-0.39, 0.29) is 47.3 Å². The number of hydrogen-bond acceptors (Lipinski definition) is 7. The molecule has 4 unspecified atom stereocenters. The number of para-hydroxylation sites is 1. The Morgan fingerprint density at radius 3 is 1.34 bits per heavy atom. The summed E-state index contributed by atoms with van der Waals surface area (Å²) in [6.07, 6.45) is 5.06. The van der Waals surface area contributed by atoms with Gasteiger partial charge in [-0.05, 0) is 97.9 Å². The Labute approximate surface area is 359 Å². The van der Waals surface area contributed by atoms with E-state index in [4.69, 9.17) is 0 Å². The summed E-state index contributed by atoms with van der Waals surface area (Å²) in [5.74, 6) is -0.820. The van der Waals surface area contributed by atoms with Crippen molar-refractivity contribution in [2.75, 3.05) is 41.7 Å². The van der Waals surface area contributed by atoms with E-state index in [0.717, 1.165) is 42.5 Å². The minimum absolute atomic E-state index is 0.00791. The van der Waals surface area contributed by atoms with E-state index in [9.17, 15) is 28.8 Å². The highest BCUT2D eigenvalue weighted by molar-refractivity contribution is 6.00. The van der Waals surface area contributed by atoms with Crippen molar-refractivity contribution in [1.29, 1.82) is 0 Å². The third-order valence-electron chi connectivity index (χ3n) is 12.6. The lowest BCUT2D eigenvalue weighted by Crippen LogP contribution is -2.54. The van der Waals surface area contributed by atoms with E-state index in [1.54, 1.807) is 19.6 Å². The van der Waals surface area contributed by atoms with Crippen LogP contribution in [0.3, 0.4) is 0 Å². The molecule has 0 aromatic heterocycles. The molecule has 4 aliphatic heterocycles. The lowest BCUT2D eigenvalue weighted by molar-refractivity contribution is -0.147. The van der Waals surface area contributed by atoms with Crippen LogP contribution in [0.1, 0.15) is 90.2 Å². The standard InChI is InChI=1S/C48H61N7O6/c1-32(2)43(54-28-10-16-41(54)56)47(60)52-26-8-14-39(52)45(58)49-36-22-18-34(19-23-36)30-51(38-12-6-5-7-13-38)31-35-20-24-37(25-21-35)50-46(59)40-15-9-27-53(40)48(61)44(33(3)4)55-29-11-17-42(55)57/h5-7,12-13,18-25,32-33,39-40,43-44H,8-11,14-17,26-31H2,1-4H3,(H,49,58)(H,50,59). The molecule has 0 bridgehead atoms. The molecule has 4 saturated heterocycles. The molecule has 4 fully saturated rings. The maximum atomic E-state index is 13.8. The number of likely N-dealkylation sites (tertiary alicyclic amines) is 4. The van der Waals surface area contributed by atoms with Crippen molar-refractivity contribution in [3.8, 4) is 0 Å². The van der Waals surface area contributed by atoms with Crippen LogP contribution in [0.15, 0.2) is 78.9 Å². The zero-order valence-electron chi connectivity index (χ0n) is 36.1. The average molecular weight is 832 g/mol. The number of carbonyl (C=O) groups excluding carboxylic acids is 6. The highest BCUT2D eigenvalue weighted by atomic mass is 16.2. The molecule has 6 amide bonds. The molecule has 3 aromatic rings. The largest absolute Gasteiger partial charge is 0.363 e. The molecular weight excluding hydrogens is 771 g/mol. The Hall–Kier alpha value is -5.72. The van der Waals surface area contributed by atoms with Gasteiger partial charge in [0, 0.05) is 69.2 Å². The molecule has 0 aliphatic carbocycles. The molecule has 0 saturated carbocycles. The molecular formula is C48H61N7O6. The summed E-state index contributed by atoms with van der Waals surface area (Å²) < 4.78 is 0. The van der Waals surface area contributed by atoms with Crippen molar-refractivity contribution in [3.05, 3.63) is 90.0 Å². The highest BCUT2D eigenvalue weighted by Gasteiger charge is 2.44. The second-order valence-corrected chi connectivity index (χ2v) is 17.7. The lowest BCUT2D eigenvalue weighted by atomic mass is 10.0. The fraction of sp³-hybridized carbons (Fsp3) is 0.500. The van der Waals surface area contributed by atoms with Crippen molar-refractivity contribution >= 4 is 52.5 Å². The van der Waals surface area contributed by atoms with Gasteiger partial charge in [0.15, 0.2) is 0 Å². The molecule has 4 heterocycles. The minimum atomic E-state index is -0.587. The number of nitrogens with one attached hydrogen (secondary N) is 2. The number of amides is 6. The molecule has 61 heavy (non-hydrogen) atoms. The third-order valence-corrected chi connectivity index (χ3v) is 12.6. The summed E-state index contributed by atoms with van der Waals surface area (Å²) in [4.78, 5) is 89.0. The number of rotatable bonds is 15. The van der Waals surface area contributed by atoms with E-state index in [1.165, 1.54) is 0 Å². The van der Waals surface area contributed by atoms with Crippen molar-refractivity contribution in [2.24, 2.45) is 11.8 Å². The molecule has 4 atom stereocenters. The summed E-state index contributed by atoms with van der Waals surface area (Å²) in [5, 5.41) is 6.09. The quantitative estimate of drug-likeness (QED) is 0.190. The van der Waals surface area contributed by atoms with E-state index >= 15 is 0 Å². The van der Waals surface area contributed by atoms with Crippen molar-refractivity contribution in [2.45, 2.75) is 116 Å². The summed E-state index contributed by atoms with van der Waals surface area (Å²) in [5.41, 5.74) is 4.43. The number of carbonyl (C=O) groups is 6. The molecule has 4 aliphatic rings. The number of nitrogens with zero attached hydrogens (tertiary/aromatic N) is 5. The smallest absolute Gasteiger partial charge is 0.247 e. The molecule has 3 aromatic carbocycles. The average Bonchev–Trinajstić information content (AvgIpc) is 4.09. The lowest BCUT2D eigenvalue weighted by Gasteiger charge is -2.35. The van der Waals surface area contributed by atoms with Gasteiger partial charge in [-0.1, -0.05) is 70.2 Å². The van der Waals surface area contributed by atoms with Gasteiger partial charge in [-0.15, -0.1) is 0 Å². The molecule has 13 nitrogen and oxygen atoms in total. The van der Waals surface area contributed by atoms with Crippen LogP contribution < -0.4 is 15.5 Å². The first-order valence-electron chi connectivity index (χ1n) is 22.2. The Morgan fingerprint density at radius 1 is 0.574 bits per heavy atom. The minimum Gasteiger partial charge on any atom is -0.363 e. The summed E-state index contributed by atoms with van der Waals surface area (Å²) in [6, 6.07) is 23.4. The maximum Gasteiger partial charge on any atom is 0.247 e. The van der Waals surface area contributed by atoms with Crippen LogP contribution in [0, 0.1) is 11.8 Å².